The average Bonchev–Trinajstić information content (AvgIpc) is 3.47. The van der Waals surface area contributed by atoms with Crippen molar-refractivity contribution in [1.29, 1.82) is 0 Å². The van der Waals surface area contributed by atoms with Gasteiger partial charge in [-0.15, -0.1) is 0 Å². The van der Waals surface area contributed by atoms with E-state index in [0.29, 0.717) is 19.4 Å². The highest BCUT2D eigenvalue weighted by Gasteiger charge is 2.38. The molecule has 1 aromatic carbocycles. The summed E-state index contributed by atoms with van der Waals surface area (Å²) in [6.07, 6.45) is 0.245. The Morgan fingerprint density at radius 3 is 1.86 bits per heavy atom. The smallest absolute Gasteiger partial charge is 0.475 e. The molecule has 1 aromatic rings. The molecule has 13 nitrogen and oxygen atoms in total. The number of carbonyl (C=O) groups excluding carboxylic acids is 5. The Labute approximate surface area is 297 Å². The molecule has 0 spiro atoms. The van der Waals surface area contributed by atoms with Crippen LogP contribution < -0.4 is 26.6 Å². The van der Waals surface area contributed by atoms with Crippen molar-refractivity contribution in [3.63, 3.8) is 0 Å². The lowest BCUT2D eigenvalue weighted by molar-refractivity contribution is -0.192. The van der Waals surface area contributed by atoms with Crippen LogP contribution >= 0.6 is 0 Å². The van der Waals surface area contributed by atoms with E-state index in [1.54, 1.807) is 13.8 Å². The number of benzene rings is 1. The van der Waals surface area contributed by atoms with Gasteiger partial charge in [-0.05, 0) is 70.5 Å². The van der Waals surface area contributed by atoms with Gasteiger partial charge in [0.2, 0.25) is 29.5 Å². The van der Waals surface area contributed by atoms with Gasteiger partial charge in [0, 0.05) is 18.7 Å². The fourth-order valence-electron chi connectivity index (χ4n) is 5.06. The van der Waals surface area contributed by atoms with Gasteiger partial charge in [-0.2, -0.15) is 13.2 Å². The SMILES string of the molecule is CC(C)C[C@H](NC(=O)[C@H](CC(C)C)NC(=O)[C@@H]1CCCN1C)C(=O)N[C@@H](C)/C=C/C(=O)N[C@@H](C)C(=O)NCc1ccccc1.O=C(O)C(F)(F)F. The second-order valence-electron chi connectivity index (χ2n) is 13.4. The molecule has 5 amide bonds. The standard InChI is InChI=1S/C33H52N6O5.C2HF3O2/c1-21(2)18-26(37-32(43)27(19-22(3)4)38-33(44)28-14-11-17-39(28)7)31(42)35-23(5)15-16-29(40)36-24(6)30(41)34-20-25-12-9-8-10-13-25;3-2(4,5)1(6)7/h8-10,12-13,15-16,21-24,26-28H,11,14,17-20H2,1-7H3,(H,34,41)(H,35,42)(H,36,40)(H,37,43)(H,38,44);(H,6,7)/b16-15+;/t23-,24-,26-,27-,28-;/m0./s1. The average molecular weight is 727 g/mol. The molecule has 0 bridgehead atoms. The number of likely N-dealkylation sites (N-methyl/N-ethyl adjacent to an activating group) is 1. The molecule has 0 unspecified atom stereocenters. The first-order chi connectivity index (χ1) is 23.7. The van der Waals surface area contributed by atoms with Crippen molar-refractivity contribution in [3.05, 3.63) is 48.0 Å². The molecule has 1 heterocycles. The van der Waals surface area contributed by atoms with Crippen LogP contribution in [0.25, 0.3) is 0 Å². The minimum Gasteiger partial charge on any atom is -0.475 e. The molecule has 1 fully saturated rings. The first-order valence-corrected chi connectivity index (χ1v) is 16.9. The van der Waals surface area contributed by atoms with Crippen molar-refractivity contribution in [2.45, 2.75) is 110 Å². The van der Waals surface area contributed by atoms with Gasteiger partial charge >= 0.3 is 12.1 Å². The first-order valence-electron chi connectivity index (χ1n) is 16.9. The Kier molecular flexibility index (Phi) is 18.9. The van der Waals surface area contributed by atoms with Crippen LogP contribution in [0.1, 0.15) is 72.8 Å². The Bertz CT molecular complexity index is 1340. The van der Waals surface area contributed by atoms with Crippen LogP contribution in [0.2, 0.25) is 0 Å². The van der Waals surface area contributed by atoms with Crippen LogP contribution in [-0.4, -0.2) is 95.5 Å². The third-order valence-corrected chi connectivity index (χ3v) is 7.71. The number of aliphatic carboxylic acids is 1. The number of nitrogens with one attached hydrogen (secondary N) is 5. The van der Waals surface area contributed by atoms with Crippen molar-refractivity contribution in [3.8, 4) is 0 Å². The molecular formula is C35H53F3N6O7. The molecule has 0 aromatic heterocycles. The number of carboxylic acids is 1. The first kappa shape index (κ1) is 44.6. The number of hydrogen-bond donors (Lipinski definition) is 6. The summed E-state index contributed by atoms with van der Waals surface area (Å²) in [5.41, 5.74) is 0.952. The van der Waals surface area contributed by atoms with Crippen molar-refractivity contribution in [2.75, 3.05) is 13.6 Å². The molecule has 1 aliphatic heterocycles. The summed E-state index contributed by atoms with van der Waals surface area (Å²) >= 11 is 0. The maximum absolute atomic E-state index is 13.4. The fourth-order valence-corrected chi connectivity index (χ4v) is 5.06. The molecule has 6 N–H and O–H groups in total. The third-order valence-electron chi connectivity index (χ3n) is 7.71. The van der Waals surface area contributed by atoms with Gasteiger partial charge < -0.3 is 31.7 Å². The van der Waals surface area contributed by atoms with Gasteiger partial charge in [0.15, 0.2) is 0 Å². The number of rotatable bonds is 16. The van der Waals surface area contributed by atoms with Crippen LogP contribution in [0.5, 0.6) is 0 Å². The van der Waals surface area contributed by atoms with E-state index in [9.17, 15) is 37.1 Å². The largest absolute Gasteiger partial charge is 0.490 e. The normalized spacial score (nSPS) is 17.1. The monoisotopic (exact) mass is 726 g/mol. The molecule has 2 rings (SSSR count). The van der Waals surface area contributed by atoms with Crippen LogP contribution in [0, 0.1) is 11.8 Å². The van der Waals surface area contributed by atoms with Gasteiger partial charge in [-0.25, -0.2) is 4.79 Å². The number of carbonyl (C=O) groups is 6. The second kappa shape index (κ2) is 21.7. The highest BCUT2D eigenvalue weighted by molar-refractivity contribution is 5.94. The number of nitrogens with zero attached hydrogens (tertiary/aromatic N) is 1. The molecule has 0 aliphatic carbocycles. The number of carboxylic acid groups (broad SMARTS) is 1. The Balaban J connectivity index is 0.00000167. The van der Waals surface area contributed by atoms with Gasteiger partial charge in [-0.3, -0.25) is 28.9 Å². The summed E-state index contributed by atoms with van der Waals surface area (Å²) in [7, 11) is 1.90. The lowest BCUT2D eigenvalue weighted by atomic mass is 9.99. The minimum atomic E-state index is -5.08. The molecule has 286 valence electrons. The molecule has 0 saturated carbocycles. The molecule has 16 heteroatoms. The minimum absolute atomic E-state index is 0.113. The number of hydrogen-bond acceptors (Lipinski definition) is 7. The van der Waals surface area contributed by atoms with Gasteiger partial charge in [0.25, 0.3) is 0 Å². The van der Waals surface area contributed by atoms with E-state index in [0.717, 1.165) is 24.9 Å². The maximum atomic E-state index is 13.4. The zero-order valence-corrected chi connectivity index (χ0v) is 30.3. The summed E-state index contributed by atoms with van der Waals surface area (Å²) in [4.78, 5) is 75.2. The number of alkyl halides is 3. The highest BCUT2D eigenvalue weighted by Crippen LogP contribution is 2.16. The highest BCUT2D eigenvalue weighted by atomic mass is 19.4. The zero-order chi connectivity index (χ0) is 38.9. The summed E-state index contributed by atoms with van der Waals surface area (Å²) in [6, 6.07) is 6.36. The molecular weight excluding hydrogens is 673 g/mol. The number of likely N-dealkylation sites (tertiary alicyclic amines) is 1. The number of amides is 5. The molecule has 51 heavy (non-hydrogen) atoms. The van der Waals surface area contributed by atoms with Crippen LogP contribution in [0.4, 0.5) is 13.2 Å². The van der Waals surface area contributed by atoms with E-state index in [-0.39, 0.29) is 35.6 Å². The van der Waals surface area contributed by atoms with Gasteiger partial charge in [0.05, 0.1) is 6.04 Å². The predicted molar refractivity (Wildman–Crippen MR) is 185 cm³/mol. The van der Waals surface area contributed by atoms with E-state index >= 15 is 0 Å². The topological polar surface area (TPSA) is 186 Å². The molecule has 1 saturated heterocycles. The maximum Gasteiger partial charge on any atom is 0.490 e. The van der Waals surface area contributed by atoms with Crippen LogP contribution in [0.3, 0.4) is 0 Å². The van der Waals surface area contributed by atoms with E-state index in [1.807, 2.05) is 70.0 Å². The second-order valence-corrected chi connectivity index (χ2v) is 13.4. The fraction of sp³-hybridized carbons (Fsp3) is 0.600. The van der Waals surface area contributed by atoms with Crippen LogP contribution in [0.15, 0.2) is 42.5 Å². The summed E-state index contributed by atoms with van der Waals surface area (Å²) in [5.74, 6) is -4.23. The quantitative estimate of drug-likeness (QED) is 0.140. The lowest BCUT2D eigenvalue weighted by Crippen LogP contribution is -2.56. The summed E-state index contributed by atoms with van der Waals surface area (Å²) in [6.45, 7) is 12.4. The van der Waals surface area contributed by atoms with Crippen LogP contribution in [-0.2, 0) is 35.3 Å². The molecule has 5 atom stereocenters. The number of halogens is 3. The van der Waals surface area contributed by atoms with E-state index in [1.165, 1.54) is 12.2 Å². The van der Waals surface area contributed by atoms with Crippen molar-refractivity contribution >= 4 is 35.5 Å². The van der Waals surface area contributed by atoms with Crippen molar-refractivity contribution in [1.82, 2.24) is 31.5 Å². The van der Waals surface area contributed by atoms with E-state index in [4.69, 9.17) is 9.90 Å². The molecule has 1 aliphatic rings. The lowest BCUT2D eigenvalue weighted by Gasteiger charge is -2.27. The van der Waals surface area contributed by atoms with Gasteiger partial charge in [-0.1, -0.05) is 64.1 Å². The van der Waals surface area contributed by atoms with Crippen molar-refractivity contribution < 1.29 is 47.0 Å². The Morgan fingerprint density at radius 1 is 0.843 bits per heavy atom. The third kappa shape index (κ3) is 17.8. The van der Waals surface area contributed by atoms with E-state index < -0.39 is 48.1 Å². The van der Waals surface area contributed by atoms with E-state index in [2.05, 4.69) is 26.6 Å². The zero-order valence-electron chi connectivity index (χ0n) is 30.3. The molecule has 0 radical (unpaired) electrons. The Morgan fingerprint density at radius 2 is 1.37 bits per heavy atom. The Hall–Kier alpha value is -4.47. The summed E-state index contributed by atoms with van der Waals surface area (Å²) in [5, 5.41) is 21.2. The predicted octanol–water partition coefficient (Wildman–Crippen LogP) is 2.66. The van der Waals surface area contributed by atoms with Crippen molar-refractivity contribution in [2.24, 2.45) is 11.8 Å². The summed E-state index contributed by atoms with van der Waals surface area (Å²) < 4.78 is 31.7. The van der Waals surface area contributed by atoms with Gasteiger partial charge in [0.1, 0.15) is 18.1 Å².